The van der Waals surface area contributed by atoms with Gasteiger partial charge in [-0.1, -0.05) is 15.9 Å². The molecule has 88 valence electrons. The van der Waals surface area contributed by atoms with Crippen LogP contribution in [0.15, 0.2) is 30.7 Å². The number of alkyl halides is 1. The fourth-order valence-corrected chi connectivity index (χ4v) is 2.38. The molecule has 0 bridgehead atoms. The van der Waals surface area contributed by atoms with Gasteiger partial charge in [0.2, 0.25) is 0 Å². The summed E-state index contributed by atoms with van der Waals surface area (Å²) in [6.07, 6.45) is 8.49. The average molecular weight is 292 g/mol. The molecule has 1 fully saturated rings. The highest BCUT2D eigenvalue weighted by atomic mass is 79.9. The van der Waals surface area contributed by atoms with Crippen LogP contribution in [0.5, 0.6) is 0 Å². The van der Waals surface area contributed by atoms with E-state index in [1.807, 2.05) is 24.5 Å². The smallest absolute Gasteiger partial charge is 0.0964 e. The molecule has 17 heavy (non-hydrogen) atoms. The van der Waals surface area contributed by atoms with E-state index in [2.05, 4.69) is 31.8 Å². The van der Waals surface area contributed by atoms with Gasteiger partial charge in [0, 0.05) is 41.6 Å². The Kier molecular flexibility index (Phi) is 2.97. The van der Waals surface area contributed by atoms with E-state index in [9.17, 15) is 0 Å². The lowest BCUT2D eigenvalue weighted by Crippen LogP contribution is -1.99. The second-order valence-corrected chi connectivity index (χ2v) is 5.10. The van der Waals surface area contributed by atoms with E-state index in [-0.39, 0.29) is 0 Å². The largest absolute Gasteiger partial charge is 0.272 e. The number of hydrogen-bond acceptors (Lipinski definition) is 2. The van der Waals surface area contributed by atoms with Crippen LogP contribution in [0.4, 0.5) is 0 Å². The second kappa shape index (κ2) is 4.61. The maximum Gasteiger partial charge on any atom is 0.0964 e. The van der Waals surface area contributed by atoms with Crippen LogP contribution in [0.1, 0.15) is 18.4 Å². The van der Waals surface area contributed by atoms with Crippen LogP contribution in [-0.4, -0.2) is 14.8 Å². The van der Waals surface area contributed by atoms with Crippen LogP contribution in [0.2, 0.25) is 0 Å². The summed E-state index contributed by atoms with van der Waals surface area (Å²) in [5, 5.41) is 5.53. The molecule has 0 N–H and O–H groups in total. The van der Waals surface area contributed by atoms with E-state index in [4.69, 9.17) is 5.10 Å². The first-order valence-electron chi connectivity index (χ1n) is 5.89. The van der Waals surface area contributed by atoms with E-state index in [0.29, 0.717) is 0 Å². The van der Waals surface area contributed by atoms with E-state index in [1.54, 1.807) is 0 Å². The van der Waals surface area contributed by atoms with Gasteiger partial charge in [0.1, 0.15) is 0 Å². The molecule has 0 atom stereocenters. The fourth-order valence-electron chi connectivity index (χ4n) is 1.97. The van der Waals surface area contributed by atoms with E-state index in [1.165, 1.54) is 18.4 Å². The molecule has 1 aliphatic carbocycles. The zero-order valence-electron chi connectivity index (χ0n) is 9.51. The Morgan fingerprint density at radius 3 is 2.71 bits per heavy atom. The van der Waals surface area contributed by atoms with Gasteiger partial charge in [-0.15, -0.1) is 0 Å². The number of hydrogen-bond donors (Lipinski definition) is 0. The molecule has 1 aliphatic rings. The van der Waals surface area contributed by atoms with Crippen LogP contribution in [0.3, 0.4) is 0 Å². The Balaban J connectivity index is 1.94. The van der Waals surface area contributed by atoms with E-state index < -0.39 is 0 Å². The normalized spacial score (nSPS) is 15.1. The third-order valence-corrected chi connectivity index (χ3v) is 3.68. The topological polar surface area (TPSA) is 30.7 Å². The van der Waals surface area contributed by atoms with Crippen molar-refractivity contribution >= 4 is 15.9 Å². The Morgan fingerprint density at radius 1 is 1.29 bits per heavy atom. The first kappa shape index (κ1) is 11.0. The minimum Gasteiger partial charge on any atom is -0.272 e. The number of pyridine rings is 1. The third kappa shape index (κ3) is 2.41. The van der Waals surface area contributed by atoms with Crippen molar-refractivity contribution < 1.29 is 0 Å². The van der Waals surface area contributed by atoms with Crippen LogP contribution in [0, 0.1) is 5.92 Å². The highest BCUT2D eigenvalue weighted by molar-refractivity contribution is 9.08. The van der Waals surface area contributed by atoms with Gasteiger partial charge >= 0.3 is 0 Å². The number of halogens is 1. The SMILES string of the molecule is BrCc1cn(CC2CC2)nc1-c1ccncc1. The quantitative estimate of drug-likeness (QED) is 0.810. The average Bonchev–Trinajstić information content (AvgIpc) is 3.08. The molecule has 2 heterocycles. The van der Waals surface area contributed by atoms with Gasteiger partial charge < -0.3 is 0 Å². The molecule has 0 spiro atoms. The van der Waals surface area contributed by atoms with Crippen LogP contribution < -0.4 is 0 Å². The molecule has 0 radical (unpaired) electrons. The minimum absolute atomic E-state index is 0.843. The van der Waals surface area contributed by atoms with Crippen molar-refractivity contribution in [3.8, 4) is 11.3 Å². The second-order valence-electron chi connectivity index (χ2n) is 4.54. The summed E-state index contributed by atoms with van der Waals surface area (Å²) in [6.45, 7) is 1.06. The van der Waals surface area contributed by atoms with Gasteiger partial charge in [0.25, 0.3) is 0 Å². The molecular weight excluding hydrogens is 278 g/mol. The van der Waals surface area contributed by atoms with Crippen LogP contribution >= 0.6 is 15.9 Å². The number of nitrogens with zero attached hydrogens (tertiary/aromatic N) is 3. The van der Waals surface area contributed by atoms with Gasteiger partial charge in [-0.25, -0.2) is 0 Å². The molecule has 0 saturated heterocycles. The lowest BCUT2D eigenvalue weighted by molar-refractivity contribution is 0.564. The maximum absolute atomic E-state index is 4.69. The Bertz CT molecular complexity index is 503. The number of rotatable bonds is 4. The summed E-state index contributed by atoms with van der Waals surface area (Å²) in [5.41, 5.74) is 3.46. The van der Waals surface area contributed by atoms with E-state index >= 15 is 0 Å². The molecule has 2 aromatic heterocycles. The molecule has 0 aliphatic heterocycles. The lowest BCUT2D eigenvalue weighted by atomic mass is 10.1. The molecular formula is C13H14BrN3. The van der Waals surface area contributed by atoms with Gasteiger partial charge in [-0.05, 0) is 30.9 Å². The molecule has 3 nitrogen and oxygen atoms in total. The van der Waals surface area contributed by atoms with Crippen LogP contribution in [0.25, 0.3) is 11.3 Å². The molecule has 0 unspecified atom stereocenters. The zero-order valence-corrected chi connectivity index (χ0v) is 11.1. The van der Waals surface area contributed by atoms with Crippen molar-refractivity contribution in [1.29, 1.82) is 0 Å². The zero-order chi connectivity index (χ0) is 11.7. The van der Waals surface area contributed by atoms with Gasteiger partial charge in [0.15, 0.2) is 0 Å². The Morgan fingerprint density at radius 2 is 2.06 bits per heavy atom. The fraction of sp³-hybridized carbons (Fsp3) is 0.385. The Hall–Kier alpha value is -1.16. The van der Waals surface area contributed by atoms with Gasteiger partial charge in [-0.2, -0.15) is 5.10 Å². The summed E-state index contributed by atoms with van der Waals surface area (Å²) in [6, 6.07) is 4.02. The summed E-state index contributed by atoms with van der Waals surface area (Å²) < 4.78 is 2.09. The number of aromatic nitrogens is 3. The molecule has 2 aromatic rings. The van der Waals surface area contributed by atoms with Crippen molar-refractivity contribution in [1.82, 2.24) is 14.8 Å². The highest BCUT2D eigenvalue weighted by Gasteiger charge is 2.22. The first-order chi connectivity index (χ1) is 8.36. The summed E-state index contributed by atoms with van der Waals surface area (Å²) in [5.74, 6) is 0.850. The van der Waals surface area contributed by atoms with Crippen molar-refractivity contribution in [2.45, 2.75) is 24.7 Å². The standard InChI is InChI=1S/C13H14BrN3/c14-7-12-9-17(8-10-1-2-10)16-13(12)11-3-5-15-6-4-11/h3-6,9-10H,1-2,7-8H2. The molecule has 3 rings (SSSR count). The van der Waals surface area contributed by atoms with Gasteiger partial charge in [-0.3, -0.25) is 9.67 Å². The van der Waals surface area contributed by atoms with Crippen molar-refractivity contribution in [3.63, 3.8) is 0 Å². The highest BCUT2D eigenvalue weighted by Crippen LogP contribution is 2.31. The molecule has 4 heteroatoms. The predicted molar refractivity (Wildman–Crippen MR) is 70.8 cm³/mol. The van der Waals surface area contributed by atoms with Crippen molar-refractivity contribution in [3.05, 3.63) is 36.3 Å². The summed E-state index contributed by atoms with van der Waals surface area (Å²) >= 11 is 3.53. The predicted octanol–water partition coefficient (Wildman–Crippen LogP) is 3.25. The minimum atomic E-state index is 0.843. The lowest BCUT2D eigenvalue weighted by Gasteiger charge is -1.98. The monoisotopic (exact) mass is 291 g/mol. The van der Waals surface area contributed by atoms with Crippen LogP contribution in [-0.2, 0) is 11.9 Å². The summed E-state index contributed by atoms with van der Waals surface area (Å²) in [7, 11) is 0. The third-order valence-electron chi connectivity index (χ3n) is 3.08. The maximum atomic E-state index is 4.69. The Labute approximate surface area is 109 Å². The van der Waals surface area contributed by atoms with Gasteiger partial charge in [0.05, 0.1) is 5.69 Å². The molecule has 0 amide bonds. The van der Waals surface area contributed by atoms with E-state index in [0.717, 1.165) is 29.1 Å². The first-order valence-corrected chi connectivity index (χ1v) is 7.01. The summed E-state index contributed by atoms with van der Waals surface area (Å²) in [4.78, 5) is 4.05. The van der Waals surface area contributed by atoms with Crippen molar-refractivity contribution in [2.24, 2.45) is 5.92 Å². The van der Waals surface area contributed by atoms with Crippen molar-refractivity contribution in [2.75, 3.05) is 0 Å². The molecule has 0 aromatic carbocycles. The molecule has 1 saturated carbocycles.